The molecule has 84 valence electrons. The molecule has 0 fully saturated rings. The molecule has 4 nitrogen and oxygen atoms in total. The van der Waals surface area contributed by atoms with Crippen molar-refractivity contribution >= 4 is 0 Å². The van der Waals surface area contributed by atoms with Gasteiger partial charge in [-0.15, -0.1) is 0 Å². The summed E-state index contributed by atoms with van der Waals surface area (Å²) in [5.41, 5.74) is 6.73. The largest absolute Gasteiger partial charge is 0.472 e. The third-order valence-electron chi connectivity index (χ3n) is 2.01. The molecule has 2 atom stereocenters. The molecule has 0 aliphatic rings. The van der Waals surface area contributed by atoms with Gasteiger partial charge in [-0.25, -0.2) is 4.98 Å². The SMILES string of the molecule is COCC(C)Oc1ncccc1C(C)N. The Kier molecular flexibility index (Phi) is 4.52. The zero-order chi connectivity index (χ0) is 11.3. The van der Waals surface area contributed by atoms with Crippen LogP contribution in [0.5, 0.6) is 5.88 Å². The molecule has 0 amide bonds. The lowest BCUT2D eigenvalue weighted by molar-refractivity contribution is 0.0880. The highest BCUT2D eigenvalue weighted by molar-refractivity contribution is 5.28. The van der Waals surface area contributed by atoms with Crippen LogP contribution < -0.4 is 10.5 Å². The van der Waals surface area contributed by atoms with Crippen LogP contribution in [0.2, 0.25) is 0 Å². The Morgan fingerprint density at radius 3 is 2.80 bits per heavy atom. The second-order valence-corrected chi connectivity index (χ2v) is 3.57. The fraction of sp³-hybridized carbons (Fsp3) is 0.545. The van der Waals surface area contributed by atoms with E-state index in [1.807, 2.05) is 26.0 Å². The first-order valence-corrected chi connectivity index (χ1v) is 5.01. The summed E-state index contributed by atoms with van der Waals surface area (Å²) in [5.74, 6) is 0.594. The molecule has 0 saturated heterocycles. The lowest BCUT2D eigenvalue weighted by Crippen LogP contribution is -2.20. The summed E-state index contributed by atoms with van der Waals surface area (Å²) < 4.78 is 10.6. The Morgan fingerprint density at radius 1 is 1.47 bits per heavy atom. The van der Waals surface area contributed by atoms with Gasteiger partial charge in [0, 0.05) is 24.9 Å². The van der Waals surface area contributed by atoms with Gasteiger partial charge >= 0.3 is 0 Å². The molecule has 1 rings (SSSR count). The van der Waals surface area contributed by atoms with Crippen LogP contribution in [0.4, 0.5) is 0 Å². The van der Waals surface area contributed by atoms with Crippen LogP contribution in [0.25, 0.3) is 0 Å². The summed E-state index contributed by atoms with van der Waals surface area (Å²) in [7, 11) is 1.64. The first-order valence-electron chi connectivity index (χ1n) is 5.01. The van der Waals surface area contributed by atoms with Gasteiger partial charge in [-0.1, -0.05) is 6.07 Å². The quantitative estimate of drug-likeness (QED) is 0.800. The molecule has 2 unspecified atom stereocenters. The van der Waals surface area contributed by atoms with Crippen molar-refractivity contribution in [2.75, 3.05) is 13.7 Å². The van der Waals surface area contributed by atoms with Crippen molar-refractivity contribution in [1.29, 1.82) is 0 Å². The van der Waals surface area contributed by atoms with E-state index in [-0.39, 0.29) is 12.1 Å². The van der Waals surface area contributed by atoms with Crippen molar-refractivity contribution in [1.82, 2.24) is 4.98 Å². The van der Waals surface area contributed by atoms with Crippen LogP contribution in [0.3, 0.4) is 0 Å². The first kappa shape index (κ1) is 11.9. The molecule has 2 N–H and O–H groups in total. The second-order valence-electron chi connectivity index (χ2n) is 3.57. The summed E-state index contributed by atoms with van der Waals surface area (Å²) >= 11 is 0. The minimum absolute atomic E-state index is 0.0256. The van der Waals surface area contributed by atoms with Crippen molar-refractivity contribution in [3.05, 3.63) is 23.9 Å². The Hall–Kier alpha value is -1.13. The maximum atomic E-state index is 5.81. The van der Waals surface area contributed by atoms with E-state index in [0.717, 1.165) is 5.56 Å². The van der Waals surface area contributed by atoms with E-state index < -0.39 is 0 Å². The number of hydrogen-bond acceptors (Lipinski definition) is 4. The van der Waals surface area contributed by atoms with Gasteiger partial charge in [-0.3, -0.25) is 0 Å². The molecule has 0 spiro atoms. The van der Waals surface area contributed by atoms with Crippen molar-refractivity contribution in [2.24, 2.45) is 5.73 Å². The van der Waals surface area contributed by atoms with Crippen molar-refractivity contribution in [3.63, 3.8) is 0 Å². The molecule has 15 heavy (non-hydrogen) atoms. The van der Waals surface area contributed by atoms with Gasteiger partial charge in [0.15, 0.2) is 0 Å². The molecule has 1 aromatic heterocycles. The van der Waals surface area contributed by atoms with Gasteiger partial charge in [0.25, 0.3) is 0 Å². The lowest BCUT2D eigenvalue weighted by Gasteiger charge is -2.16. The van der Waals surface area contributed by atoms with Gasteiger partial charge in [-0.2, -0.15) is 0 Å². The van der Waals surface area contributed by atoms with Gasteiger partial charge in [-0.05, 0) is 19.9 Å². The molecule has 4 heteroatoms. The summed E-state index contributed by atoms with van der Waals surface area (Å²) in [4.78, 5) is 4.16. The van der Waals surface area contributed by atoms with E-state index >= 15 is 0 Å². The zero-order valence-electron chi connectivity index (χ0n) is 9.43. The number of nitrogens with zero attached hydrogens (tertiary/aromatic N) is 1. The van der Waals surface area contributed by atoms with E-state index in [1.54, 1.807) is 13.3 Å². The Morgan fingerprint density at radius 2 is 2.20 bits per heavy atom. The Labute approximate surface area is 90.4 Å². The standard InChI is InChI=1S/C11H18N2O2/c1-8(7-14-3)15-11-10(9(2)12)5-4-6-13-11/h4-6,8-9H,7,12H2,1-3H3. The van der Waals surface area contributed by atoms with Crippen LogP contribution in [-0.2, 0) is 4.74 Å². The van der Waals surface area contributed by atoms with E-state index in [2.05, 4.69) is 4.98 Å². The van der Waals surface area contributed by atoms with Gasteiger partial charge in [0.2, 0.25) is 5.88 Å². The zero-order valence-corrected chi connectivity index (χ0v) is 9.43. The molecule has 1 heterocycles. The third-order valence-corrected chi connectivity index (χ3v) is 2.01. The maximum absolute atomic E-state index is 5.81. The number of nitrogens with two attached hydrogens (primary N) is 1. The van der Waals surface area contributed by atoms with Gasteiger partial charge in [0.1, 0.15) is 6.10 Å². The van der Waals surface area contributed by atoms with E-state index in [4.69, 9.17) is 15.2 Å². The maximum Gasteiger partial charge on any atom is 0.218 e. The topological polar surface area (TPSA) is 57.4 Å². The minimum atomic E-state index is -0.0801. The van der Waals surface area contributed by atoms with Gasteiger partial charge < -0.3 is 15.2 Å². The van der Waals surface area contributed by atoms with E-state index in [9.17, 15) is 0 Å². The number of pyridine rings is 1. The first-order chi connectivity index (χ1) is 7.15. The fourth-order valence-electron chi connectivity index (χ4n) is 1.31. The summed E-state index contributed by atoms with van der Waals surface area (Å²) in [6.07, 6.45) is 1.67. The van der Waals surface area contributed by atoms with Crippen molar-refractivity contribution in [2.45, 2.75) is 26.0 Å². The highest BCUT2D eigenvalue weighted by atomic mass is 16.5. The average Bonchev–Trinajstić information content (AvgIpc) is 2.18. The molecule has 1 aromatic rings. The summed E-state index contributed by atoms with van der Waals surface area (Å²) in [6.45, 7) is 4.38. The molecular formula is C11H18N2O2. The molecule has 0 aromatic carbocycles. The van der Waals surface area contributed by atoms with Crippen LogP contribution in [0.1, 0.15) is 25.5 Å². The number of methoxy groups -OCH3 is 1. The minimum Gasteiger partial charge on any atom is -0.472 e. The number of rotatable bonds is 5. The van der Waals surface area contributed by atoms with Crippen LogP contribution in [0.15, 0.2) is 18.3 Å². The predicted molar refractivity (Wildman–Crippen MR) is 58.8 cm³/mol. The smallest absolute Gasteiger partial charge is 0.218 e. The molecule has 0 radical (unpaired) electrons. The van der Waals surface area contributed by atoms with Crippen molar-refractivity contribution in [3.8, 4) is 5.88 Å². The van der Waals surface area contributed by atoms with Crippen LogP contribution in [0, 0.1) is 0 Å². The normalized spacial score (nSPS) is 14.7. The van der Waals surface area contributed by atoms with E-state index in [0.29, 0.717) is 12.5 Å². The van der Waals surface area contributed by atoms with Crippen molar-refractivity contribution < 1.29 is 9.47 Å². The highest BCUT2D eigenvalue weighted by Crippen LogP contribution is 2.21. The molecule has 0 saturated carbocycles. The summed E-state index contributed by atoms with van der Waals surface area (Å²) in [6, 6.07) is 3.70. The predicted octanol–water partition coefficient (Wildman–Crippen LogP) is 1.52. The fourth-order valence-corrected chi connectivity index (χ4v) is 1.31. The monoisotopic (exact) mass is 210 g/mol. The Balaban J connectivity index is 2.75. The Bertz CT molecular complexity index is 302. The second kappa shape index (κ2) is 5.68. The number of ether oxygens (including phenoxy) is 2. The van der Waals surface area contributed by atoms with Crippen LogP contribution in [-0.4, -0.2) is 24.8 Å². The molecule has 0 bridgehead atoms. The van der Waals surface area contributed by atoms with Gasteiger partial charge in [0.05, 0.1) is 6.61 Å². The highest BCUT2D eigenvalue weighted by Gasteiger charge is 2.11. The molecular weight excluding hydrogens is 192 g/mol. The van der Waals surface area contributed by atoms with Crippen LogP contribution >= 0.6 is 0 Å². The average molecular weight is 210 g/mol. The number of aromatic nitrogens is 1. The third kappa shape index (κ3) is 3.49. The number of hydrogen-bond donors (Lipinski definition) is 1. The summed E-state index contributed by atoms with van der Waals surface area (Å²) in [5, 5.41) is 0. The molecule has 0 aliphatic carbocycles. The lowest BCUT2D eigenvalue weighted by atomic mass is 10.1. The molecule has 0 aliphatic heterocycles. The van der Waals surface area contributed by atoms with E-state index in [1.165, 1.54) is 0 Å².